The number of carboxylic acid groups (broad SMARTS) is 1. The van der Waals surface area contributed by atoms with Crippen molar-refractivity contribution in [2.45, 2.75) is 0 Å². The Morgan fingerprint density at radius 1 is 1.33 bits per heavy atom. The predicted molar refractivity (Wildman–Crippen MR) is 65.4 cm³/mol. The van der Waals surface area contributed by atoms with Gasteiger partial charge in [-0.05, 0) is 34.1 Å². The molecule has 0 saturated heterocycles. The molecule has 0 aliphatic heterocycles. The molecule has 0 unspecified atom stereocenters. The van der Waals surface area contributed by atoms with Crippen LogP contribution in [0.4, 0.5) is 4.39 Å². The minimum Gasteiger partial charge on any atom is -0.477 e. The van der Waals surface area contributed by atoms with Gasteiger partial charge in [-0.2, -0.15) is 0 Å². The summed E-state index contributed by atoms with van der Waals surface area (Å²) in [5.74, 6) is -1.30. The van der Waals surface area contributed by atoms with Gasteiger partial charge >= 0.3 is 5.97 Å². The fourth-order valence-corrected chi connectivity index (χ4v) is 1.59. The van der Waals surface area contributed by atoms with E-state index in [4.69, 9.17) is 9.84 Å². The first-order valence-electron chi connectivity index (χ1n) is 4.89. The van der Waals surface area contributed by atoms with Crippen molar-refractivity contribution in [3.63, 3.8) is 0 Å². The van der Waals surface area contributed by atoms with E-state index in [2.05, 4.69) is 20.9 Å². The number of ether oxygens (including phenoxy) is 1. The van der Waals surface area contributed by atoms with E-state index < -0.39 is 11.8 Å². The van der Waals surface area contributed by atoms with E-state index in [9.17, 15) is 9.18 Å². The van der Waals surface area contributed by atoms with Gasteiger partial charge in [-0.3, -0.25) is 0 Å². The third-order valence-electron chi connectivity index (χ3n) is 2.05. The van der Waals surface area contributed by atoms with Crippen molar-refractivity contribution in [3.8, 4) is 11.6 Å². The van der Waals surface area contributed by atoms with Crippen molar-refractivity contribution in [2.75, 3.05) is 0 Å². The third kappa shape index (κ3) is 2.84. The van der Waals surface area contributed by atoms with Crippen LogP contribution < -0.4 is 4.74 Å². The molecular weight excluding hydrogens is 305 g/mol. The maximum atomic E-state index is 13.0. The van der Waals surface area contributed by atoms with Crippen molar-refractivity contribution < 1.29 is 19.0 Å². The summed E-state index contributed by atoms with van der Waals surface area (Å²) in [4.78, 5) is 14.5. The van der Waals surface area contributed by atoms with Gasteiger partial charge in [-0.1, -0.05) is 6.07 Å². The summed E-state index contributed by atoms with van der Waals surface area (Å²) < 4.78 is 18.9. The average Bonchev–Trinajstić information content (AvgIpc) is 2.34. The quantitative estimate of drug-likeness (QED) is 0.943. The van der Waals surface area contributed by atoms with E-state index in [1.165, 1.54) is 36.4 Å². The smallest absolute Gasteiger partial charge is 0.354 e. The standard InChI is InChI=1S/C12H7BrFNO3/c13-8-5-4-7(14)6-10(8)18-11-3-1-2-9(15-11)12(16)17/h1-6H,(H,16,17). The second kappa shape index (κ2) is 5.14. The number of aromatic carboxylic acids is 1. The molecule has 2 aromatic rings. The molecule has 0 saturated carbocycles. The van der Waals surface area contributed by atoms with E-state index in [0.717, 1.165) is 0 Å². The predicted octanol–water partition coefficient (Wildman–Crippen LogP) is 3.47. The van der Waals surface area contributed by atoms with E-state index in [1.54, 1.807) is 0 Å². The van der Waals surface area contributed by atoms with E-state index in [1.807, 2.05) is 0 Å². The Hall–Kier alpha value is -1.95. The minimum absolute atomic E-state index is 0.0844. The van der Waals surface area contributed by atoms with Crippen molar-refractivity contribution in [3.05, 3.63) is 52.4 Å². The average molecular weight is 312 g/mol. The first-order valence-corrected chi connectivity index (χ1v) is 5.69. The zero-order valence-electron chi connectivity index (χ0n) is 8.93. The summed E-state index contributed by atoms with van der Waals surface area (Å²) >= 11 is 3.20. The fraction of sp³-hybridized carbons (Fsp3) is 0. The number of pyridine rings is 1. The van der Waals surface area contributed by atoms with Crippen LogP contribution in [-0.4, -0.2) is 16.1 Å². The summed E-state index contributed by atoms with van der Waals surface area (Å²) in [6.45, 7) is 0. The topological polar surface area (TPSA) is 59.4 Å². The maximum Gasteiger partial charge on any atom is 0.354 e. The monoisotopic (exact) mass is 311 g/mol. The number of rotatable bonds is 3. The van der Waals surface area contributed by atoms with Crippen molar-refractivity contribution in [2.24, 2.45) is 0 Å². The second-order valence-electron chi connectivity index (χ2n) is 3.34. The van der Waals surface area contributed by atoms with Gasteiger partial charge in [0, 0.05) is 12.1 Å². The molecule has 0 fully saturated rings. The molecule has 0 atom stereocenters. The van der Waals surface area contributed by atoms with Gasteiger partial charge in [0.15, 0.2) is 5.69 Å². The lowest BCUT2D eigenvalue weighted by atomic mass is 10.3. The number of hydrogen-bond donors (Lipinski definition) is 1. The van der Waals surface area contributed by atoms with Crippen molar-refractivity contribution in [1.29, 1.82) is 0 Å². The number of nitrogens with zero attached hydrogens (tertiary/aromatic N) is 1. The molecule has 6 heteroatoms. The Morgan fingerprint density at radius 2 is 2.11 bits per heavy atom. The molecule has 1 N–H and O–H groups in total. The largest absolute Gasteiger partial charge is 0.477 e. The molecule has 2 rings (SSSR count). The molecule has 0 radical (unpaired) electrons. The number of carbonyl (C=O) groups is 1. The van der Waals surface area contributed by atoms with E-state index >= 15 is 0 Å². The number of hydrogen-bond acceptors (Lipinski definition) is 3. The summed E-state index contributed by atoms with van der Waals surface area (Å²) in [5.41, 5.74) is -0.139. The highest BCUT2D eigenvalue weighted by Crippen LogP contribution is 2.29. The van der Waals surface area contributed by atoms with Gasteiger partial charge in [0.1, 0.15) is 11.6 Å². The molecule has 0 amide bonds. The Kier molecular flexibility index (Phi) is 3.57. The zero-order valence-corrected chi connectivity index (χ0v) is 10.5. The van der Waals surface area contributed by atoms with Crippen LogP contribution in [0.2, 0.25) is 0 Å². The van der Waals surface area contributed by atoms with Gasteiger partial charge in [0.25, 0.3) is 0 Å². The van der Waals surface area contributed by atoms with Crippen LogP contribution >= 0.6 is 15.9 Å². The van der Waals surface area contributed by atoms with Gasteiger partial charge < -0.3 is 9.84 Å². The van der Waals surface area contributed by atoms with Crippen LogP contribution in [0.25, 0.3) is 0 Å². The molecule has 92 valence electrons. The van der Waals surface area contributed by atoms with Gasteiger partial charge in [-0.15, -0.1) is 0 Å². The fourth-order valence-electron chi connectivity index (χ4n) is 1.26. The van der Waals surface area contributed by atoms with Crippen LogP contribution in [0.1, 0.15) is 10.5 Å². The zero-order chi connectivity index (χ0) is 13.1. The Labute approximate surface area is 110 Å². The number of aromatic nitrogens is 1. The Morgan fingerprint density at radius 3 is 2.83 bits per heavy atom. The van der Waals surface area contributed by atoms with Crippen LogP contribution in [0.3, 0.4) is 0 Å². The molecule has 1 heterocycles. The van der Waals surface area contributed by atoms with Gasteiger partial charge in [0.05, 0.1) is 4.47 Å². The third-order valence-corrected chi connectivity index (χ3v) is 2.71. The highest BCUT2D eigenvalue weighted by Gasteiger charge is 2.08. The lowest BCUT2D eigenvalue weighted by Crippen LogP contribution is -2.00. The Bertz CT molecular complexity index is 604. The first-order chi connectivity index (χ1) is 8.56. The van der Waals surface area contributed by atoms with Crippen LogP contribution in [0, 0.1) is 5.82 Å². The van der Waals surface area contributed by atoms with Gasteiger partial charge in [0.2, 0.25) is 5.88 Å². The maximum absolute atomic E-state index is 13.0. The summed E-state index contributed by atoms with van der Waals surface area (Å²) in [6.07, 6.45) is 0. The number of halogens is 2. The molecule has 1 aromatic heterocycles. The van der Waals surface area contributed by atoms with Gasteiger partial charge in [-0.25, -0.2) is 14.2 Å². The molecule has 1 aromatic carbocycles. The lowest BCUT2D eigenvalue weighted by molar-refractivity contribution is 0.0689. The van der Waals surface area contributed by atoms with Crippen LogP contribution in [0.15, 0.2) is 40.9 Å². The molecule has 4 nitrogen and oxygen atoms in total. The number of benzene rings is 1. The number of carboxylic acids is 1. The van der Waals surface area contributed by atoms with Crippen LogP contribution in [0.5, 0.6) is 11.6 Å². The summed E-state index contributed by atoms with van der Waals surface area (Å²) in [5, 5.41) is 8.79. The van der Waals surface area contributed by atoms with E-state index in [0.29, 0.717) is 4.47 Å². The van der Waals surface area contributed by atoms with E-state index in [-0.39, 0.29) is 17.3 Å². The Balaban J connectivity index is 2.31. The molecular formula is C12H7BrFNO3. The lowest BCUT2D eigenvalue weighted by Gasteiger charge is -2.07. The molecule has 0 aliphatic carbocycles. The normalized spacial score (nSPS) is 10.1. The summed E-state index contributed by atoms with van der Waals surface area (Å²) in [7, 11) is 0. The molecule has 0 bridgehead atoms. The van der Waals surface area contributed by atoms with Crippen molar-refractivity contribution in [1.82, 2.24) is 4.98 Å². The highest BCUT2D eigenvalue weighted by molar-refractivity contribution is 9.10. The second-order valence-corrected chi connectivity index (χ2v) is 4.20. The SMILES string of the molecule is O=C(O)c1cccc(Oc2cc(F)ccc2Br)n1. The summed E-state index contributed by atoms with van der Waals surface area (Å²) in [6, 6.07) is 8.28. The highest BCUT2D eigenvalue weighted by atomic mass is 79.9. The minimum atomic E-state index is -1.15. The molecule has 18 heavy (non-hydrogen) atoms. The first kappa shape index (κ1) is 12.5. The van der Waals surface area contributed by atoms with Crippen LogP contribution in [-0.2, 0) is 0 Å². The van der Waals surface area contributed by atoms with Crippen molar-refractivity contribution >= 4 is 21.9 Å². The molecule has 0 spiro atoms. The molecule has 0 aliphatic rings.